The average Bonchev–Trinajstić information content (AvgIpc) is 2.39. The number of halogens is 1. The number of pyridine rings is 1. The fraction of sp³-hybridized carbons (Fsp3) is 0.571. The smallest absolute Gasteiger partial charge is 0.339 e. The minimum Gasteiger partial charge on any atom is -0.478 e. The normalized spacial score (nSPS) is 12.2. The van der Waals surface area contributed by atoms with E-state index in [4.69, 9.17) is 0 Å². The Morgan fingerprint density at radius 3 is 2.74 bits per heavy atom. The van der Waals surface area contributed by atoms with Crippen LogP contribution >= 0.6 is 15.9 Å². The lowest BCUT2D eigenvalue weighted by atomic mass is 10.1. The van der Waals surface area contributed by atoms with Crippen LogP contribution in [-0.4, -0.2) is 28.6 Å². The number of aromatic carboxylic acids is 1. The maximum Gasteiger partial charge on any atom is 0.339 e. The summed E-state index contributed by atoms with van der Waals surface area (Å²) in [6, 6.07) is 1.89. The second-order valence-corrected chi connectivity index (χ2v) is 5.55. The molecule has 0 aromatic carbocycles. The van der Waals surface area contributed by atoms with Crippen molar-refractivity contribution in [3.63, 3.8) is 0 Å². The maximum absolute atomic E-state index is 11.4. The number of carboxylic acid groups (broad SMARTS) is 1. The zero-order valence-electron chi connectivity index (χ0n) is 11.7. The topological polar surface area (TPSA) is 53.4 Å². The zero-order valence-corrected chi connectivity index (χ0v) is 13.3. The summed E-state index contributed by atoms with van der Waals surface area (Å²) in [6.07, 6.45) is 4.72. The second kappa shape index (κ2) is 7.48. The fourth-order valence-corrected chi connectivity index (χ4v) is 2.23. The van der Waals surface area contributed by atoms with Gasteiger partial charge in [-0.2, -0.15) is 0 Å². The lowest BCUT2D eigenvalue weighted by Gasteiger charge is -2.30. The van der Waals surface area contributed by atoms with Crippen LogP contribution in [0.4, 0.5) is 5.82 Å². The number of nitrogens with zero attached hydrogens (tertiary/aromatic N) is 2. The number of carbonyl (C=O) groups is 1. The molecule has 0 bridgehead atoms. The fourth-order valence-electron chi connectivity index (χ4n) is 1.90. The van der Waals surface area contributed by atoms with Crippen LogP contribution in [0.25, 0.3) is 0 Å². The van der Waals surface area contributed by atoms with Crippen LogP contribution < -0.4 is 4.90 Å². The third-order valence-corrected chi connectivity index (χ3v) is 3.64. The van der Waals surface area contributed by atoms with E-state index >= 15 is 0 Å². The van der Waals surface area contributed by atoms with Crippen LogP contribution in [0.5, 0.6) is 0 Å². The van der Waals surface area contributed by atoms with Crippen molar-refractivity contribution in [2.24, 2.45) is 0 Å². The van der Waals surface area contributed by atoms with Crippen molar-refractivity contribution < 1.29 is 9.90 Å². The van der Waals surface area contributed by atoms with Gasteiger partial charge in [-0.1, -0.05) is 20.3 Å². The highest BCUT2D eigenvalue weighted by molar-refractivity contribution is 9.10. The predicted molar refractivity (Wildman–Crippen MR) is 80.9 cm³/mol. The maximum atomic E-state index is 11.4. The lowest BCUT2D eigenvalue weighted by Crippen LogP contribution is -2.35. The van der Waals surface area contributed by atoms with E-state index in [1.807, 2.05) is 0 Å². The summed E-state index contributed by atoms with van der Waals surface area (Å²) >= 11 is 3.28. The Balaban J connectivity index is 3.17. The first kappa shape index (κ1) is 16.0. The molecular weight excluding hydrogens is 308 g/mol. The van der Waals surface area contributed by atoms with Crippen LogP contribution in [0.2, 0.25) is 0 Å². The number of hydrogen-bond acceptors (Lipinski definition) is 3. The lowest BCUT2D eigenvalue weighted by molar-refractivity contribution is 0.0697. The average molecular weight is 329 g/mol. The number of unbranched alkanes of at least 4 members (excludes halogenated alkanes) is 1. The van der Waals surface area contributed by atoms with Gasteiger partial charge in [-0.05, 0) is 41.8 Å². The van der Waals surface area contributed by atoms with Crippen molar-refractivity contribution in [1.29, 1.82) is 0 Å². The summed E-state index contributed by atoms with van der Waals surface area (Å²) in [7, 11) is 0. The molecule has 1 unspecified atom stereocenters. The van der Waals surface area contributed by atoms with Crippen molar-refractivity contribution in [3.05, 3.63) is 22.3 Å². The Kier molecular flexibility index (Phi) is 6.28. The molecule has 0 spiro atoms. The molecule has 0 radical (unpaired) electrons. The molecule has 1 atom stereocenters. The molecular formula is C14H21BrN2O2. The van der Waals surface area contributed by atoms with E-state index in [1.165, 1.54) is 0 Å². The molecule has 1 aromatic rings. The molecule has 0 aliphatic heterocycles. The van der Waals surface area contributed by atoms with Crippen molar-refractivity contribution in [2.75, 3.05) is 11.4 Å². The summed E-state index contributed by atoms with van der Waals surface area (Å²) in [5, 5.41) is 9.33. The minimum atomic E-state index is -0.936. The number of carboxylic acids is 1. The molecule has 1 heterocycles. The monoisotopic (exact) mass is 328 g/mol. The molecule has 19 heavy (non-hydrogen) atoms. The summed E-state index contributed by atoms with van der Waals surface area (Å²) < 4.78 is 0.688. The second-order valence-electron chi connectivity index (χ2n) is 4.63. The molecule has 0 aliphatic rings. The first-order valence-electron chi connectivity index (χ1n) is 6.66. The molecule has 106 valence electrons. The van der Waals surface area contributed by atoms with Gasteiger partial charge in [-0.15, -0.1) is 0 Å². The van der Waals surface area contributed by atoms with E-state index in [2.05, 4.69) is 46.6 Å². The highest BCUT2D eigenvalue weighted by Gasteiger charge is 2.21. The molecule has 0 saturated carbocycles. The van der Waals surface area contributed by atoms with Crippen LogP contribution in [0.1, 0.15) is 50.4 Å². The molecule has 1 rings (SSSR count). The van der Waals surface area contributed by atoms with E-state index in [-0.39, 0.29) is 11.6 Å². The van der Waals surface area contributed by atoms with Crippen molar-refractivity contribution >= 4 is 27.7 Å². The number of hydrogen-bond donors (Lipinski definition) is 1. The van der Waals surface area contributed by atoms with Gasteiger partial charge in [0.15, 0.2) is 0 Å². The molecule has 0 amide bonds. The van der Waals surface area contributed by atoms with Crippen molar-refractivity contribution in [2.45, 2.75) is 46.1 Å². The number of rotatable bonds is 7. The van der Waals surface area contributed by atoms with E-state index in [1.54, 1.807) is 12.3 Å². The Labute approximate surface area is 123 Å². The van der Waals surface area contributed by atoms with Crippen LogP contribution in [0, 0.1) is 0 Å². The quantitative estimate of drug-likeness (QED) is 0.823. The SMILES string of the molecule is CCCCN(c1ncc(Br)cc1C(=O)O)C(C)CC. The molecule has 0 aliphatic carbocycles. The minimum absolute atomic E-state index is 0.255. The van der Waals surface area contributed by atoms with Gasteiger partial charge in [0.2, 0.25) is 0 Å². The molecule has 1 N–H and O–H groups in total. The Hall–Kier alpha value is -1.10. The highest BCUT2D eigenvalue weighted by Crippen LogP contribution is 2.24. The van der Waals surface area contributed by atoms with Gasteiger partial charge >= 0.3 is 5.97 Å². The standard InChI is InChI=1S/C14H21BrN2O2/c1-4-6-7-17(10(3)5-2)13-12(14(18)19)8-11(15)9-16-13/h8-10H,4-7H2,1-3H3,(H,18,19). The van der Waals surface area contributed by atoms with Gasteiger partial charge in [0.25, 0.3) is 0 Å². The van der Waals surface area contributed by atoms with Gasteiger partial charge in [0.05, 0.1) is 0 Å². The van der Waals surface area contributed by atoms with Crippen molar-refractivity contribution in [3.8, 4) is 0 Å². The molecule has 5 heteroatoms. The largest absolute Gasteiger partial charge is 0.478 e. The Morgan fingerprint density at radius 2 is 2.21 bits per heavy atom. The molecule has 0 saturated heterocycles. The van der Waals surface area contributed by atoms with E-state index < -0.39 is 5.97 Å². The van der Waals surface area contributed by atoms with Crippen LogP contribution in [0.15, 0.2) is 16.7 Å². The molecule has 0 fully saturated rings. The van der Waals surface area contributed by atoms with E-state index in [0.717, 1.165) is 25.8 Å². The third kappa shape index (κ3) is 4.20. The predicted octanol–water partition coefficient (Wildman–Crippen LogP) is 3.95. The van der Waals surface area contributed by atoms with Crippen LogP contribution in [0.3, 0.4) is 0 Å². The van der Waals surface area contributed by atoms with E-state index in [0.29, 0.717) is 10.3 Å². The van der Waals surface area contributed by atoms with Crippen molar-refractivity contribution in [1.82, 2.24) is 4.98 Å². The van der Waals surface area contributed by atoms with Gasteiger partial charge < -0.3 is 10.0 Å². The Morgan fingerprint density at radius 1 is 1.53 bits per heavy atom. The third-order valence-electron chi connectivity index (χ3n) is 3.21. The van der Waals surface area contributed by atoms with Crippen LogP contribution in [-0.2, 0) is 0 Å². The summed E-state index contributed by atoms with van der Waals surface area (Å²) in [5.41, 5.74) is 0.255. The number of aromatic nitrogens is 1. The highest BCUT2D eigenvalue weighted by atomic mass is 79.9. The first-order chi connectivity index (χ1) is 9.01. The van der Waals surface area contributed by atoms with E-state index in [9.17, 15) is 9.90 Å². The summed E-state index contributed by atoms with van der Waals surface area (Å²) in [5.74, 6) is -0.368. The summed E-state index contributed by atoms with van der Waals surface area (Å²) in [6.45, 7) is 7.16. The zero-order chi connectivity index (χ0) is 14.4. The summed E-state index contributed by atoms with van der Waals surface area (Å²) in [4.78, 5) is 17.8. The Bertz CT molecular complexity index is 437. The van der Waals surface area contributed by atoms with Gasteiger partial charge in [0.1, 0.15) is 11.4 Å². The molecule has 1 aromatic heterocycles. The molecule has 4 nitrogen and oxygen atoms in total. The first-order valence-corrected chi connectivity index (χ1v) is 7.46. The van der Waals surface area contributed by atoms with Gasteiger partial charge in [-0.3, -0.25) is 0 Å². The van der Waals surface area contributed by atoms with Gasteiger partial charge in [-0.25, -0.2) is 9.78 Å². The number of anilines is 1. The van der Waals surface area contributed by atoms with Gasteiger partial charge in [0, 0.05) is 23.3 Å².